The second-order valence-electron chi connectivity index (χ2n) is 5.92. The number of rotatable bonds is 3. The van der Waals surface area contributed by atoms with Crippen LogP contribution in [0.3, 0.4) is 0 Å². The zero-order valence-corrected chi connectivity index (χ0v) is 12.8. The second-order valence-corrected chi connectivity index (χ2v) is 5.92. The van der Waals surface area contributed by atoms with Gasteiger partial charge in [-0.2, -0.15) is 0 Å². The topological polar surface area (TPSA) is 21.3 Å². The highest BCUT2D eigenvalue weighted by Gasteiger charge is 2.22. The van der Waals surface area contributed by atoms with Crippen LogP contribution >= 0.6 is 0 Å². The molecule has 2 aromatic rings. The van der Waals surface area contributed by atoms with Gasteiger partial charge in [-0.1, -0.05) is 42.0 Å². The van der Waals surface area contributed by atoms with E-state index in [2.05, 4.69) is 60.8 Å². The number of hydrogen-bond acceptors (Lipinski definition) is 2. The molecule has 1 aliphatic heterocycles. The fraction of sp³-hybridized carbons (Fsp3) is 0.368. The molecule has 1 aliphatic rings. The molecule has 0 radical (unpaired) electrons. The maximum atomic E-state index is 5.23. The Hall–Kier alpha value is -1.80. The van der Waals surface area contributed by atoms with Crippen LogP contribution in [0.25, 0.3) is 0 Å². The lowest BCUT2D eigenvalue weighted by Gasteiger charge is -2.30. The van der Waals surface area contributed by atoms with Crippen LogP contribution in [0.2, 0.25) is 0 Å². The lowest BCUT2D eigenvalue weighted by atomic mass is 9.86. The summed E-state index contributed by atoms with van der Waals surface area (Å²) >= 11 is 0. The molecule has 21 heavy (non-hydrogen) atoms. The molecule has 0 aliphatic carbocycles. The molecular formula is C19H23NO. The molecule has 0 amide bonds. The minimum atomic E-state index is 0.500. The van der Waals surface area contributed by atoms with E-state index in [4.69, 9.17) is 4.74 Å². The van der Waals surface area contributed by atoms with Gasteiger partial charge in [-0.15, -0.1) is 0 Å². The fourth-order valence-electron chi connectivity index (χ4n) is 3.10. The van der Waals surface area contributed by atoms with Crippen LogP contribution in [0.1, 0.15) is 41.5 Å². The lowest BCUT2D eigenvalue weighted by molar-refractivity contribution is 0.373. The Balaban J connectivity index is 1.62. The Bertz CT molecular complexity index is 566. The van der Waals surface area contributed by atoms with Crippen LogP contribution in [0, 0.1) is 6.92 Å². The predicted molar refractivity (Wildman–Crippen MR) is 86.9 cm³/mol. The standard InChI is InChI=1S/C19H23NO/c1-14-3-5-16(6-4-14)19-12-9-17(13-20-19)15-7-10-18(21-2)11-8-15/h3-8,10-11,17,19-20H,9,12-13H2,1-2H3. The molecular weight excluding hydrogens is 258 g/mol. The molecule has 110 valence electrons. The molecule has 3 rings (SSSR count). The van der Waals surface area contributed by atoms with E-state index in [1.165, 1.54) is 29.5 Å². The Kier molecular flexibility index (Phi) is 4.26. The smallest absolute Gasteiger partial charge is 0.118 e. The number of nitrogens with one attached hydrogen (secondary N) is 1. The van der Waals surface area contributed by atoms with E-state index in [1.807, 2.05) is 0 Å². The molecule has 1 fully saturated rings. The van der Waals surface area contributed by atoms with Crippen molar-refractivity contribution in [1.29, 1.82) is 0 Å². The molecule has 2 nitrogen and oxygen atoms in total. The van der Waals surface area contributed by atoms with Gasteiger partial charge in [0.15, 0.2) is 0 Å². The van der Waals surface area contributed by atoms with Crippen molar-refractivity contribution >= 4 is 0 Å². The van der Waals surface area contributed by atoms with Gasteiger partial charge in [0.05, 0.1) is 7.11 Å². The summed E-state index contributed by atoms with van der Waals surface area (Å²) in [6.45, 7) is 3.18. The molecule has 2 heteroatoms. The first kappa shape index (κ1) is 14.2. The summed E-state index contributed by atoms with van der Waals surface area (Å²) in [7, 11) is 1.71. The quantitative estimate of drug-likeness (QED) is 0.910. The molecule has 0 saturated carbocycles. The van der Waals surface area contributed by atoms with Crippen molar-refractivity contribution in [1.82, 2.24) is 5.32 Å². The molecule has 0 spiro atoms. The van der Waals surface area contributed by atoms with Crippen molar-refractivity contribution in [3.63, 3.8) is 0 Å². The van der Waals surface area contributed by atoms with Crippen LogP contribution in [0.15, 0.2) is 48.5 Å². The average Bonchev–Trinajstić information content (AvgIpc) is 2.56. The summed E-state index contributed by atoms with van der Waals surface area (Å²) in [4.78, 5) is 0. The van der Waals surface area contributed by atoms with E-state index in [9.17, 15) is 0 Å². The second kappa shape index (κ2) is 6.31. The molecule has 1 heterocycles. The van der Waals surface area contributed by atoms with E-state index in [1.54, 1.807) is 7.11 Å². The minimum absolute atomic E-state index is 0.500. The maximum absolute atomic E-state index is 5.23. The largest absolute Gasteiger partial charge is 0.497 e. The molecule has 0 aromatic heterocycles. The number of aryl methyl sites for hydroxylation is 1. The van der Waals surface area contributed by atoms with Crippen molar-refractivity contribution in [2.45, 2.75) is 31.7 Å². The summed E-state index contributed by atoms with van der Waals surface area (Å²) in [6.07, 6.45) is 2.43. The van der Waals surface area contributed by atoms with Crippen LogP contribution in [0.5, 0.6) is 5.75 Å². The van der Waals surface area contributed by atoms with Gasteiger partial charge in [0.25, 0.3) is 0 Å². The molecule has 1 N–H and O–H groups in total. The third-order valence-corrected chi connectivity index (χ3v) is 4.48. The predicted octanol–water partition coefficient (Wildman–Crippen LogP) is 4.21. The first-order valence-electron chi connectivity index (χ1n) is 7.70. The molecule has 2 aromatic carbocycles. The maximum Gasteiger partial charge on any atom is 0.118 e. The summed E-state index contributed by atoms with van der Waals surface area (Å²) in [5.41, 5.74) is 4.14. The summed E-state index contributed by atoms with van der Waals surface area (Å²) in [5, 5.41) is 3.70. The Morgan fingerprint density at radius 3 is 2.14 bits per heavy atom. The Labute approximate surface area is 127 Å². The summed E-state index contributed by atoms with van der Waals surface area (Å²) in [5.74, 6) is 1.54. The van der Waals surface area contributed by atoms with Crippen molar-refractivity contribution in [3.8, 4) is 5.75 Å². The van der Waals surface area contributed by atoms with E-state index in [0.29, 0.717) is 12.0 Å². The van der Waals surface area contributed by atoms with Gasteiger partial charge in [0.2, 0.25) is 0 Å². The molecule has 0 bridgehead atoms. The summed E-state index contributed by atoms with van der Waals surface area (Å²) in [6, 6.07) is 17.9. The van der Waals surface area contributed by atoms with Crippen LogP contribution in [-0.2, 0) is 0 Å². The highest BCUT2D eigenvalue weighted by Crippen LogP contribution is 2.32. The number of benzene rings is 2. The van der Waals surface area contributed by atoms with Crippen LogP contribution in [0.4, 0.5) is 0 Å². The third-order valence-electron chi connectivity index (χ3n) is 4.48. The minimum Gasteiger partial charge on any atom is -0.497 e. The number of methoxy groups -OCH3 is 1. The number of piperidine rings is 1. The SMILES string of the molecule is COc1ccc(C2CCC(c3ccc(C)cc3)NC2)cc1. The summed E-state index contributed by atoms with van der Waals surface area (Å²) < 4.78 is 5.23. The van der Waals surface area contributed by atoms with Gasteiger partial charge in [-0.05, 0) is 48.9 Å². The van der Waals surface area contributed by atoms with Crippen molar-refractivity contribution < 1.29 is 4.74 Å². The number of hydrogen-bond donors (Lipinski definition) is 1. The van der Waals surface area contributed by atoms with Gasteiger partial charge in [0, 0.05) is 12.6 Å². The van der Waals surface area contributed by atoms with E-state index < -0.39 is 0 Å². The average molecular weight is 281 g/mol. The fourth-order valence-corrected chi connectivity index (χ4v) is 3.10. The Morgan fingerprint density at radius 2 is 1.57 bits per heavy atom. The Morgan fingerprint density at radius 1 is 0.905 bits per heavy atom. The first-order valence-corrected chi connectivity index (χ1v) is 7.70. The number of ether oxygens (including phenoxy) is 1. The third kappa shape index (κ3) is 3.27. The highest BCUT2D eigenvalue weighted by molar-refractivity contribution is 5.30. The zero-order chi connectivity index (χ0) is 14.7. The van der Waals surface area contributed by atoms with Crippen molar-refractivity contribution in [2.75, 3.05) is 13.7 Å². The van der Waals surface area contributed by atoms with Gasteiger partial charge in [-0.25, -0.2) is 0 Å². The van der Waals surface area contributed by atoms with E-state index in [0.717, 1.165) is 12.3 Å². The first-order chi connectivity index (χ1) is 10.3. The van der Waals surface area contributed by atoms with Crippen molar-refractivity contribution in [3.05, 3.63) is 65.2 Å². The molecule has 2 unspecified atom stereocenters. The van der Waals surface area contributed by atoms with Crippen molar-refractivity contribution in [2.24, 2.45) is 0 Å². The lowest BCUT2D eigenvalue weighted by Crippen LogP contribution is -2.32. The zero-order valence-electron chi connectivity index (χ0n) is 12.8. The molecule has 1 saturated heterocycles. The van der Waals surface area contributed by atoms with E-state index in [-0.39, 0.29) is 0 Å². The van der Waals surface area contributed by atoms with Gasteiger partial charge < -0.3 is 10.1 Å². The van der Waals surface area contributed by atoms with Gasteiger partial charge in [0.1, 0.15) is 5.75 Å². The highest BCUT2D eigenvalue weighted by atomic mass is 16.5. The van der Waals surface area contributed by atoms with Gasteiger partial charge in [-0.3, -0.25) is 0 Å². The van der Waals surface area contributed by atoms with E-state index >= 15 is 0 Å². The van der Waals surface area contributed by atoms with Crippen LogP contribution in [-0.4, -0.2) is 13.7 Å². The molecule has 2 atom stereocenters. The monoisotopic (exact) mass is 281 g/mol. The van der Waals surface area contributed by atoms with Gasteiger partial charge >= 0.3 is 0 Å². The van der Waals surface area contributed by atoms with Crippen LogP contribution < -0.4 is 10.1 Å². The normalized spacial score (nSPS) is 22.0.